The Kier molecular flexibility index (Phi) is 9.06. The van der Waals surface area contributed by atoms with Crippen LogP contribution in [0.5, 0.6) is 0 Å². The van der Waals surface area contributed by atoms with Crippen molar-refractivity contribution < 1.29 is 9.59 Å². The fourth-order valence-corrected chi connectivity index (χ4v) is 5.27. The molecule has 4 nitrogen and oxygen atoms in total. The molecule has 0 spiro atoms. The first-order chi connectivity index (χ1) is 17.4. The summed E-state index contributed by atoms with van der Waals surface area (Å²) in [6.45, 7) is 2.17. The smallest absolute Gasteiger partial charge is 0.243 e. The summed E-state index contributed by atoms with van der Waals surface area (Å²) in [6, 6.07) is 22.5. The van der Waals surface area contributed by atoms with Gasteiger partial charge in [-0.3, -0.25) is 9.59 Å². The van der Waals surface area contributed by atoms with Crippen molar-refractivity contribution >= 4 is 35.0 Å². The fraction of sp³-hybridized carbons (Fsp3) is 0.333. The summed E-state index contributed by atoms with van der Waals surface area (Å²) in [4.78, 5) is 29.3. The van der Waals surface area contributed by atoms with E-state index in [-0.39, 0.29) is 30.8 Å². The van der Waals surface area contributed by atoms with Crippen LogP contribution in [0.1, 0.15) is 47.9 Å². The molecule has 0 aliphatic heterocycles. The molecule has 0 aromatic heterocycles. The zero-order valence-electron chi connectivity index (χ0n) is 20.6. The van der Waals surface area contributed by atoms with Crippen molar-refractivity contribution in [2.75, 3.05) is 0 Å². The largest absolute Gasteiger partial charge is 0.352 e. The van der Waals surface area contributed by atoms with Crippen LogP contribution >= 0.6 is 23.2 Å². The van der Waals surface area contributed by atoms with E-state index < -0.39 is 6.04 Å². The highest BCUT2D eigenvalue weighted by Crippen LogP contribution is 2.28. The molecule has 1 saturated carbocycles. The minimum Gasteiger partial charge on any atom is -0.352 e. The average molecular weight is 524 g/mol. The van der Waals surface area contributed by atoms with Crippen molar-refractivity contribution in [3.8, 4) is 0 Å². The van der Waals surface area contributed by atoms with Gasteiger partial charge in [-0.1, -0.05) is 102 Å². The molecule has 1 N–H and O–H groups in total. The van der Waals surface area contributed by atoms with Crippen molar-refractivity contribution in [2.24, 2.45) is 0 Å². The SMILES string of the molecule is Cc1ccc(CC(=O)N(Cc2c(Cl)cccc2Cl)[C@@H](Cc2ccccc2)C(=O)NC2CCCC2)cc1. The molecule has 0 unspecified atom stereocenters. The highest BCUT2D eigenvalue weighted by atomic mass is 35.5. The minimum absolute atomic E-state index is 0.133. The highest BCUT2D eigenvalue weighted by Gasteiger charge is 2.33. The molecule has 3 aromatic carbocycles. The van der Waals surface area contributed by atoms with Gasteiger partial charge in [0.1, 0.15) is 6.04 Å². The van der Waals surface area contributed by atoms with Gasteiger partial charge < -0.3 is 10.2 Å². The van der Waals surface area contributed by atoms with Crippen LogP contribution in [0, 0.1) is 6.92 Å². The molecule has 1 aliphatic rings. The third-order valence-electron chi connectivity index (χ3n) is 6.84. The van der Waals surface area contributed by atoms with Gasteiger partial charge in [0.15, 0.2) is 0 Å². The summed E-state index contributed by atoms with van der Waals surface area (Å²) in [5, 5.41) is 4.18. The average Bonchev–Trinajstić information content (AvgIpc) is 3.38. The van der Waals surface area contributed by atoms with Crippen LogP contribution in [0.4, 0.5) is 0 Å². The normalized spacial score (nSPS) is 14.4. The Morgan fingerprint density at radius 3 is 2.17 bits per heavy atom. The molecule has 0 bridgehead atoms. The molecule has 0 heterocycles. The second kappa shape index (κ2) is 12.4. The Morgan fingerprint density at radius 1 is 0.889 bits per heavy atom. The molecule has 1 aliphatic carbocycles. The molecule has 0 saturated heterocycles. The second-order valence-electron chi connectivity index (χ2n) is 9.58. The number of amides is 2. The Bertz CT molecular complexity index is 1160. The van der Waals surface area contributed by atoms with Crippen LogP contribution in [0.15, 0.2) is 72.8 Å². The van der Waals surface area contributed by atoms with Crippen LogP contribution in [-0.4, -0.2) is 28.8 Å². The van der Waals surface area contributed by atoms with Gasteiger partial charge in [-0.25, -0.2) is 0 Å². The van der Waals surface area contributed by atoms with Gasteiger partial charge in [0, 0.05) is 34.6 Å². The summed E-state index contributed by atoms with van der Waals surface area (Å²) in [7, 11) is 0. The Balaban J connectivity index is 1.69. The van der Waals surface area contributed by atoms with E-state index in [9.17, 15) is 9.59 Å². The molecule has 4 rings (SSSR count). The molecule has 1 atom stereocenters. The Labute approximate surface area is 223 Å². The van der Waals surface area contributed by atoms with Crippen molar-refractivity contribution in [1.29, 1.82) is 0 Å². The van der Waals surface area contributed by atoms with Crippen molar-refractivity contribution in [3.63, 3.8) is 0 Å². The van der Waals surface area contributed by atoms with E-state index in [1.54, 1.807) is 23.1 Å². The number of rotatable bonds is 9. The van der Waals surface area contributed by atoms with Crippen molar-refractivity contribution in [3.05, 3.63) is 105 Å². The standard InChI is InChI=1S/C30H32Cl2N2O2/c1-21-14-16-23(17-15-21)19-29(35)34(20-25-26(31)12-7-13-27(25)32)28(18-22-8-3-2-4-9-22)30(36)33-24-10-5-6-11-24/h2-4,7-9,12-17,24,28H,5-6,10-11,18-20H2,1H3,(H,33,36)/t28-/m0/s1. The predicted octanol–water partition coefficient (Wildman–Crippen LogP) is 6.54. The maximum absolute atomic E-state index is 13.9. The first-order valence-corrected chi connectivity index (χ1v) is 13.3. The van der Waals surface area contributed by atoms with Crippen molar-refractivity contribution in [1.82, 2.24) is 10.2 Å². The molecular formula is C30H32Cl2N2O2. The van der Waals surface area contributed by atoms with Crippen LogP contribution in [0.3, 0.4) is 0 Å². The van der Waals surface area contributed by atoms with E-state index in [2.05, 4.69) is 5.32 Å². The monoisotopic (exact) mass is 522 g/mol. The Hall–Kier alpha value is -2.82. The molecule has 1 fully saturated rings. The van der Waals surface area contributed by atoms with Crippen LogP contribution in [-0.2, 0) is 29.0 Å². The van der Waals surface area contributed by atoms with Gasteiger partial charge in [0.2, 0.25) is 11.8 Å². The highest BCUT2D eigenvalue weighted by molar-refractivity contribution is 6.36. The van der Waals surface area contributed by atoms with Gasteiger partial charge in [0.05, 0.1) is 6.42 Å². The number of hydrogen-bond acceptors (Lipinski definition) is 2. The van der Waals surface area contributed by atoms with E-state index >= 15 is 0 Å². The summed E-state index contributed by atoms with van der Waals surface area (Å²) < 4.78 is 0. The number of hydrogen-bond donors (Lipinski definition) is 1. The lowest BCUT2D eigenvalue weighted by atomic mass is 10.0. The van der Waals surface area contributed by atoms with E-state index in [4.69, 9.17) is 23.2 Å². The zero-order valence-corrected chi connectivity index (χ0v) is 22.1. The van der Waals surface area contributed by atoms with Gasteiger partial charge >= 0.3 is 0 Å². The van der Waals surface area contributed by atoms with E-state index in [1.807, 2.05) is 61.5 Å². The number of carbonyl (C=O) groups excluding carboxylic acids is 2. The van der Waals surface area contributed by atoms with E-state index in [0.717, 1.165) is 42.4 Å². The zero-order chi connectivity index (χ0) is 25.5. The molecule has 36 heavy (non-hydrogen) atoms. The first-order valence-electron chi connectivity index (χ1n) is 12.5. The quantitative estimate of drug-likeness (QED) is 0.346. The van der Waals surface area contributed by atoms with Gasteiger partial charge in [0.25, 0.3) is 0 Å². The maximum Gasteiger partial charge on any atom is 0.243 e. The molecule has 0 radical (unpaired) electrons. The second-order valence-corrected chi connectivity index (χ2v) is 10.4. The lowest BCUT2D eigenvalue weighted by Gasteiger charge is -2.33. The van der Waals surface area contributed by atoms with Gasteiger partial charge in [-0.05, 0) is 43.0 Å². The van der Waals surface area contributed by atoms with Gasteiger partial charge in [-0.2, -0.15) is 0 Å². The van der Waals surface area contributed by atoms with Crippen molar-refractivity contribution in [2.45, 2.75) is 64.1 Å². The van der Waals surface area contributed by atoms with Gasteiger partial charge in [-0.15, -0.1) is 0 Å². The number of benzene rings is 3. The molecule has 188 valence electrons. The lowest BCUT2D eigenvalue weighted by molar-refractivity contribution is -0.141. The summed E-state index contributed by atoms with van der Waals surface area (Å²) >= 11 is 13.0. The fourth-order valence-electron chi connectivity index (χ4n) is 4.76. The van der Waals surface area contributed by atoms with Crippen LogP contribution in [0.2, 0.25) is 10.0 Å². The van der Waals surface area contributed by atoms with E-state index in [0.29, 0.717) is 22.0 Å². The number of halogens is 2. The summed E-state index contributed by atoms with van der Waals surface area (Å²) in [5.74, 6) is -0.275. The molecular weight excluding hydrogens is 491 g/mol. The number of nitrogens with one attached hydrogen (secondary N) is 1. The Morgan fingerprint density at radius 2 is 1.53 bits per heavy atom. The number of carbonyl (C=O) groups is 2. The molecule has 2 amide bonds. The van der Waals surface area contributed by atoms with Crippen LogP contribution < -0.4 is 5.32 Å². The molecule has 3 aromatic rings. The maximum atomic E-state index is 13.9. The topological polar surface area (TPSA) is 49.4 Å². The van der Waals surface area contributed by atoms with E-state index in [1.165, 1.54) is 0 Å². The van der Waals surface area contributed by atoms with Crippen LogP contribution in [0.25, 0.3) is 0 Å². The summed E-state index contributed by atoms with van der Waals surface area (Å²) in [5.41, 5.74) is 3.66. The summed E-state index contributed by atoms with van der Waals surface area (Å²) in [6.07, 6.45) is 4.75. The predicted molar refractivity (Wildman–Crippen MR) is 146 cm³/mol. The third kappa shape index (κ3) is 6.89. The number of aryl methyl sites for hydroxylation is 1. The molecule has 6 heteroatoms. The first kappa shape index (κ1) is 26.2. The third-order valence-corrected chi connectivity index (χ3v) is 7.55. The lowest BCUT2D eigenvalue weighted by Crippen LogP contribution is -2.52. The number of nitrogens with zero attached hydrogens (tertiary/aromatic N) is 1. The minimum atomic E-state index is -0.696.